The van der Waals surface area contributed by atoms with Crippen LogP contribution in [0.25, 0.3) is 0 Å². The lowest BCUT2D eigenvalue weighted by Crippen LogP contribution is -2.47. The van der Waals surface area contributed by atoms with Crippen molar-refractivity contribution >= 4 is 0 Å². The minimum Gasteiger partial charge on any atom is -0.329 e. The zero-order chi connectivity index (χ0) is 13.0. The number of benzene rings is 1. The Hall–Kier alpha value is -0.860. The van der Waals surface area contributed by atoms with Crippen molar-refractivity contribution in [3.05, 3.63) is 35.9 Å². The Bertz CT molecular complexity index is 339. The number of nitrogens with zero attached hydrogens (tertiary/aromatic N) is 1. The molecule has 0 spiro atoms. The first-order valence-electron chi connectivity index (χ1n) is 7.21. The van der Waals surface area contributed by atoms with Gasteiger partial charge >= 0.3 is 0 Å². The van der Waals surface area contributed by atoms with Crippen molar-refractivity contribution in [2.45, 2.75) is 38.6 Å². The molecule has 1 aliphatic heterocycles. The highest BCUT2D eigenvalue weighted by Crippen LogP contribution is 2.29. The van der Waals surface area contributed by atoms with E-state index in [0.717, 1.165) is 12.5 Å². The highest BCUT2D eigenvalue weighted by molar-refractivity contribution is 5.20. The molecule has 1 heterocycles. The standard InChI is InChI=1S/C16H26N2/c1-13(2)16(12-17)18-10-8-15(9-11-18)14-6-4-3-5-7-14/h3-7,13,15-16H,8-12,17H2,1-2H3. The van der Waals surface area contributed by atoms with E-state index in [4.69, 9.17) is 5.73 Å². The fraction of sp³-hybridized carbons (Fsp3) is 0.625. The van der Waals surface area contributed by atoms with Crippen LogP contribution in [0.5, 0.6) is 0 Å². The molecule has 18 heavy (non-hydrogen) atoms. The van der Waals surface area contributed by atoms with Gasteiger partial charge in [-0.05, 0) is 43.3 Å². The van der Waals surface area contributed by atoms with E-state index in [-0.39, 0.29) is 0 Å². The second-order valence-corrected chi connectivity index (χ2v) is 5.77. The maximum Gasteiger partial charge on any atom is 0.0241 e. The molecule has 2 N–H and O–H groups in total. The Kier molecular flexibility index (Phi) is 4.79. The quantitative estimate of drug-likeness (QED) is 0.885. The summed E-state index contributed by atoms with van der Waals surface area (Å²) in [4.78, 5) is 2.59. The van der Waals surface area contributed by atoms with Gasteiger partial charge in [0.15, 0.2) is 0 Å². The Labute approximate surface area is 111 Å². The summed E-state index contributed by atoms with van der Waals surface area (Å²) >= 11 is 0. The van der Waals surface area contributed by atoms with Crippen molar-refractivity contribution in [1.82, 2.24) is 4.90 Å². The predicted molar refractivity (Wildman–Crippen MR) is 77.7 cm³/mol. The van der Waals surface area contributed by atoms with Gasteiger partial charge in [0.1, 0.15) is 0 Å². The van der Waals surface area contributed by atoms with Crippen LogP contribution in [0.2, 0.25) is 0 Å². The Morgan fingerprint density at radius 2 is 1.78 bits per heavy atom. The Morgan fingerprint density at radius 3 is 2.28 bits per heavy atom. The maximum absolute atomic E-state index is 5.91. The maximum atomic E-state index is 5.91. The van der Waals surface area contributed by atoms with E-state index in [0.29, 0.717) is 12.0 Å². The average Bonchev–Trinajstić information content (AvgIpc) is 2.41. The molecule has 0 bridgehead atoms. The van der Waals surface area contributed by atoms with E-state index in [1.165, 1.54) is 31.5 Å². The molecule has 1 unspecified atom stereocenters. The van der Waals surface area contributed by atoms with E-state index in [2.05, 4.69) is 49.1 Å². The molecule has 1 aliphatic rings. The third-order valence-corrected chi connectivity index (χ3v) is 4.28. The molecular formula is C16H26N2. The molecule has 1 atom stereocenters. The molecule has 1 aromatic rings. The minimum atomic E-state index is 0.557. The van der Waals surface area contributed by atoms with E-state index in [1.54, 1.807) is 0 Å². The Morgan fingerprint density at radius 1 is 1.17 bits per heavy atom. The molecular weight excluding hydrogens is 220 g/mol. The van der Waals surface area contributed by atoms with Gasteiger partial charge in [0.05, 0.1) is 0 Å². The summed E-state index contributed by atoms with van der Waals surface area (Å²) in [6.07, 6.45) is 2.54. The first-order chi connectivity index (χ1) is 8.72. The predicted octanol–water partition coefficient (Wildman–Crippen LogP) is 2.85. The van der Waals surface area contributed by atoms with Gasteiger partial charge in [-0.15, -0.1) is 0 Å². The number of piperidine rings is 1. The van der Waals surface area contributed by atoms with Gasteiger partial charge < -0.3 is 5.73 Å². The normalized spacial score (nSPS) is 20.2. The largest absolute Gasteiger partial charge is 0.329 e. The fourth-order valence-electron chi connectivity index (χ4n) is 3.13. The number of hydrogen-bond donors (Lipinski definition) is 1. The van der Waals surface area contributed by atoms with Crippen LogP contribution in [-0.4, -0.2) is 30.6 Å². The van der Waals surface area contributed by atoms with Crippen LogP contribution in [-0.2, 0) is 0 Å². The van der Waals surface area contributed by atoms with Crippen molar-refractivity contribution in [1.29, 1.82) is 0 Å². The summed E-state index contributed by atoms with van der Waals surface area (Å²) < 4.78 is 0. The molecule has 2 nitrogen and oxygen atoms in total. The smallest absolute Gasteiger partial charge is 0.0241 e. The van der Waals surface area contributed by atoms with Crippen LogP contribution in [0.15, 0.2) is 30.3 Å². The molecule has 0 saturated carbocycles. The molecule has 2 rings (SSSR count). The summed E-state index contributed by atoms with van der Waals surface area (Å²) in [6.45, 7) is 7.73. The van der Waals surface area contributed by atoms with Gasteiger partial charge in [-0.25, -0.2) is 0 Å². The van der Waals surface area contributed by atoms with Crippen molar-refractivity contribution < 1.29 is 0 Å². The molecule has 0 amide bonds. The van der Waals surface area contributed by atoms with Crippen LogP contribution in [0.3, 0.4) is 0 Å². The fourth-order valence-corrected chi connectivity index (χ4v) is 3.13. The van der Waals surface area contributed by atoms with E-state index >= 15 is 0 Å². The molecule has 1 fully saturated rings. The van der Waals surface area contributed by atoms with Gasteiger partial charge in [0.2, 0.25) is 0 Å². The van der Waals surface area contributed by atoms with Gasteiger partial charge in [0.25, 0.3) is 0 Å². The van der Waals surface area contributed by atoms with Crippen molar-refractivity contribution in [2.75, 3.05) is 19.6 Å². The molecule has 0 radical (unpaired) electrons. The molecule has 1 aromatic carbocycles. The number of hydrogen-bond acceptors (Lipinski definition) is 2. The lowest BCUT2D eigenvalue weighted by molar-refractivity contribution is 0.124. The van der Waals surface area contributed by atoms with Crippen LogP contribution < -0.4 is 5.73 Å². The molecule has 0 aromatic heterocycles. The number of likely N-dealkylation sites (tertiary alicyclic amines) is 1. The summed E-state index contributed by atoms with van der Waals surface area (Å²) in [7, 11) is 0. The van der Waals surface area contributed by atoms with Gasteiger partial charge in [-0.2, -0.15) is 0 Å². The zero-order valence-electron chi connectivity index (χ0n) is 11.7. The highest BCUT2D eigenvalue weighted by atomic mass is 15.2. The third kappa shape index (κ3) is 3.12. The number of rotatable bonds is 4. The van der Waals surface area contributed by atoms with Gasteiger partial charge in [-0.3, -0.25) is 4.90 Å². The first kappa shape index (κ1) is 13.6. The van der Waals surface area contributed by atoms with Gasteiger partial charge in [0, 0.05) is 12.6 Å². The van der Waals surface area contributed by atoms with Crippen LogP contribution >= 0.6 is 0 Å². The average molecular weight is 246 g/mol. The lowest BCUT2D eigenvalue weighted by atomic mass is 9.88. The van der Waals surface area contributed by atoms with E-state index in [9.17, 15) is 0 Å². The summed E-state index contributed by atoms with van der Waals surface area (Å²) in [5.41, 5.74) is 7.41. The van der Waals surface area contributed by atoms with Crippen LogP contribution in [0, 0.1) is 5.92 Å². The van der Waals surface area contributed by atoms with Crippen LogP contribution in [0.4, 0.5) is 0 Å². The topological polar surface area (TPSA) is 29.3 Å². The molecule has 100 valence electrons. The second-order valence-electron chi connectivity index (χ2n) is 5.77. The summed E-state index contributed by atoms with van der Waals surface area (Å²) in [5, 5.41) is 0. The zero-order valence-corrected chi connectivity index (χ0v) is 11.7. The van der Waals surface area contributed by atoms with Crippen LogP contribution in [0.1, 0.15) is 38.2 Å². The summed E-state index contributed by atoms with van der Waals surface area (Å²) in [6, 6.07) is 11.5. The monoisotopic (exact) mass is 246 g/mol. The minimum absolute atomic E-state index is 0.557. The molecule has 0 aliphatic carbocycles. The van der Waals surface area contributed by atoms with Crippen molar-refractivity contribution in [3.63, 3.8) is 0 Å². The van der Waals surface area contributed by atoms with Gasteiger partial charge in [-0.1, -0.05) is 44.2 Å². The SMILES string of the molecule is CC(C)C(CN)N1CCC(c2ccccc2)CC1. The molecule has 2 heteroatoms. The molecule has 1 saturated heterocycles. The second kappa shape index (κ2) is 6.35. The van der Waals surface area contributed by atoms with Crippen molar-refractivity contribution in [2.24, 2.45) is 11.7 Å². The van der Waals surface area contributed by atoms with Crippen molar-refractivity contribution in [3.8, 4) is 0 Å². The van der Waals surface area contributed by atoms with E-state index in [1.807, 2.05) is 0 Å². The summed E-state index contributed by atoms with van der Waals surface area (Å²) in [5.74, 6) is 1.40. The Balaban J connectivity index is 1.92. The highest BCUT2D eigenvalue weighted by Gasteiger charge is 2.26. The lowest BCUT2D eigenvalue weighted by Gasteiger charge is -2.39. The third-order valence-electron chi connectivity index (χ3n) is 4.28. The number of nitrogens with two attached hydrogens (primary N) is 1. The van der Waals surface area contributed by atoms with E-state index < -0.39 is 0 Å². The first-order valence-corrected chi connectivity index (χ1v) is 7.21.